The van der Waals surface area contributed by atoms with Gasteiger partial charge < -0.3 is 10.8 Å². The number of hydrogen-bond acceptors (Lipinski definition) is 4. The lowest BCUT2D eigenvalue weighted by atomic mass is 10.2. The van der Waals surface area contributed by atoms with Crippen LogP contribution in [0.3, 0.4) is 0 Å². The molecule has 0 saturated carbocycles. The van der Waals surface area contributed by atoms with Gasteiger partial charge in [-0.25, -0.2) is 0 Å². The first-order chi connectivity index (χ1) is 7.59. The van der Waals surface area contributed by atoms with E-state index in [1.807, 2.05) is 12.1 Å². The van der Waals surface area contributed by atoms with Crippen molar-refractivity contribution in [2.75, 3.05) is 11.5 Å². The second kappa shape index (κ2) is 6.34. The SMILES string of the molecule is N[C@@H](CS(=O)CCc1ccncc1)C(=O)O. The molecule has 1 aromatic heterocycles. The normalized spacial score (nSPS) is 14.3. The summed E-state index contributed by atoms with van der Waals surface area (Å²) in [6.07, 6.45) is 3.98. The van der Waals surface area contributed by atoms with Gasteiger partial charge in [0.15, 0.2) is 0 Å². The molecule has 0 bridgehead atoms. The van der Waals surface area contributed by atoms with Gasteiger partial charge in [0, 0.05) is 34.7 Å². The fourth-order valence-electron chi connectivity index (χ4n) is 1.14. The van der Waals surface area contributed by atoms with Crippen LogP contribution in [0.15, 0.2) is 24.5 Å². The largest absolute Gasteiger partial charge is 0.480 e. The molecule has 1 heterocycles. The maximum Gasteiger partial charge on any atom is 0.321 e. The minimum atomic E-state index is -1.20. The maximum atomic E-state index is 11.5. The Balaban J connectivity index is 2.33. The van der Waals surface area contributed by atoms with Gasteiger partial charge in [0.05, 0.1) is 0 Å². The van der Waals surface area contributed by atoms with E-state index in [-0.39, 0.29) is 5.75 Å². The number of carbonyl (C=O) groups is 1. The summed E-state index contributed by atoms with van der Waals surface area (Å²) < 4.78 is 11.5. The van der Waals surface area contributed by atoms with Crippen LogP contribution in [-0.2, 0) is 22.0 Å². The van der Waals surface area contributed by atoms with Gasteiger partial charge >= 0.3 is 5.97 Å². The van der Waals surface area contributed by atoms with Crippen molar-refractivity contribution in [2.24, 2.45) is 5.73 Å². The molecule has 2 atom stereocenters. The van der Waals surface area contributed by atoms with Gasteiger partial charge in [-0.3, -0.25) is 14.0 Å². The Labute approximate surface area is 96.1 Å². The first-order valence-corrected chi connectivity index (χ1v) is 6.30. The zero-order valence-electron chi connectivity index (χ0n) is 8.70. The fraction of sp³-hybridized carbons (Fsp3) is 0.400. The molecule has 16 heavy (non-hydrogen) atoms. The van der Waals surface area contributed by atoms with Gasteiger partial charge in [-0.15, -0.1) is 0 Å². The van der Waals surface area contributed by atoms with E-state index in [2.05, 4.69) is 4.98 Å². The topological polar surface area (TPSA) is 93.3 Å². The highest BCUT2D eigenvalue weighted by Crippen LogP contribution is 1.99. The van der Waals surface area contributed by atoms with Gasteiger partial charge in [0.1, 0.15) is 6.04 Å². The smallest absolute Gasteiger partial charge is 0.321 e. The molecule has 0 aliphatic carbocycles. The number of nitrogens with zero attached hydrogens (tertiary/aromatic N) is 1. The number of aryl methyl sites for hydroxylation is 1. The van der Waals surface area contributed by atoms with Crippen molar-refractivity contribution in [3.63, 3.8) is 0 Å². The predicted molar refractivity (Wildman–Crippen MR) is 61.4 cm³/mol. The molecular formula is C10H14N2O3S. The highest BCUT2D eigenvalue weighted by Gasteiger charge is 2.14. The number of carboxylic acid groups (broad SMARTS) is 1. The molecule has 6 heteroatoms. The summed E-state index contributed by atoms with van der Waals surface area (Å²) in [4.78, 5) is 14.3. The van der Waals surface area contributed by atoms with E-state index in [9.17, 15) is 9.00 Å². The van der Waals surface area contributed by atoms with Crippen LogP contribution in [0, 0.1) is 0 Å². The van der Waals surface area contributed by atoms with E-state index in [0.717, 1.165) is 5.56 Å². The molecule has 0 aliphatic heterocycles. The standard InChI is InChI=1S/C10H14N2O3S/c11-9(10(13)14)7-16(15)6-3-8-1-4-12-5-2-8/h1-2,4-5,9H,3,6-7,11H2,(H,13,14)/t9-,16?/m0/s1. The second-order valence-corrected chi connectivity index (χ2v) is 4.98. The molecule has 5 nitrogen and oxygen atoms in total. The maximum absolute atomic E-state index is 11.5. The average molecular weight is 242 g/mol. The van der Waals surface area contributed by atoms with E-state index in [1.165, 1.54) is 0 Å². The van der Waals surface area contributed by atoms with Crippen molar-refractivity contribution in [3.8, 4) is 0 Å². The summed E-state index contributed by atoms with van der Waals surface area (Å²) in [6, 6.07) is 2.64. The van der Waals surface area contributed by atoms with Gasteiger partial charge in [0.25, 0.3) is 0 Å². The Morgan fingerprint density at radius 1 is 1.50 bits per heavy atom. The van der Waals surface area contributed by atoms with Gasteiger partial charge in [-0.1, -0.05) is 0 Å². The Morgan fingerprint density at radius 3 is 2.69 bits per heavy atom. The molecule has 3 N–H and O–H groups in total. The summed E-state index contributed by atoms with van der Waals surface area (Å²) >= 11 is 0. The second-order valence-electron chi connectivity index (χ2n) is 3.36. The number of nitrogens with two attached hydrogens (primary N) is 1. The Bertz CT molecular complexity index is 370. The summed E-state index contributed by atoms with van der Waals surface area (Å²) in [5, 5.41) is 8.55. The molecule has 0 amide bonds. The first kappa shape index (κ1) is 12.8. The molecule has 0 saturated heterocycles. The third kappa shape index (κ3) is 4.50. The van der Waals surface area contributed by atoms with Crippen molar-refractivity contribution in [1.82, 2.24) is 4.98 Å². The summed E-state index contributed by atoms with van der Waals surface area (Å²) in [5.74, 6) is -0.692. The summed E-state index contributed by atoms with van der Waals surface area (Å²) in [6.45, 7) is 0. The monoisotopic (exact) mass is 242 g/mol. The number of hydrogen-bond donors (Lipinski definition) is 2. The number of aromatic nitrogens is 1. The molecule has 0 fully saturated rings. The number of pyridine rings is 1. The van der Waals surface area contributed by atoms with E-state index in [4.69, 9.17) is 10.8 Å². The first-order valence-electron chi connectivity index (χ1n) is 4.82. The zero-order chi connectivity index (χ0) is 12.0. The van der Waals surface area contributed by atoms with Crippen molar-refractivity contribution in [1.29, 1.82) is 0 Å². The van der Waals surface area contributed by atoms with Crippen LogP contribution in [-0.4, -0.2) is 37.8 Å². The molecule has 0 aromatic carbocycles. The van der Waals surface area contributed by atoms with Crippen molar-refractivity contribution in [3.05, 3.63) is 30.1 Å². The van der Waals surface area contributed by atoms with Crippen LogP contribution in [0.25, 0.3) is 0 Å². The summed E-state index contributed by atoms with van der Waals surface area (Å²) in [5.41, 5.74) is 6.32. The number of carboxylic acids is 1. The van der Waals surface area contributed by atoms with Crippen molar-refractivity contribution in [2.45, 2.75) is 12.5 Å². The molecule has 0 spiro atoms. The minimum absolute atomic E-state index is 0.000414. The van der Waals surface area contributed by atoms with Gasteiger partial charge in [-0.05, 0) is 24.1 Å². The Kier molecular flexibility index (Phi) is 5.07. The predicted octanol–water partition coefficient (Wildman–Crippen LogP) is -0.215. The lowest BCUT2D eigenvalue weighted by Gasteiger charge is -2.06. The van der Waals surface area contributed by atoms with E-state index in [0.29, 0.717) is 12.2 Å². The molecular weight excluding hydrogens is 228 g/mol. The lowest BCUT2D eigenvalue weighted by Crippen LogP contribution is -2.36. The molecule has 0 aliphatic rings. The molecule has 1 aromatic rings. The van der Waals surface area contributed by atoms with Crippen LogP contribution in [0.5, 0.6) is 0 Å². The van der Waals surface area contributed by atoms with Crippen LogP contribution < -0.4 is 5.73 Å². The molecule has 0 radical (unpaired) electrons. The third-order valence-electron chi connectivity index (χ3n) is 2.05. The van der Waals surface area contributed by atoms with E-state index < -0.39 is 22.8 Å². The third-order valence-corrected chi connectivity index (χ3v) is 3.44. The fourth-order valence-corrected chi connectivity index (χ4v) is 2.31. The highest BCUT2D eigenvalue weighted by molar-refractivity contribution is 7.85. The van der Waals surface area contributed by atoms with Crippen LogP contribution in [0.4, 0.5) is 0 Å². The van der Waals surface area contributed by atoms with Gasteiger partial charge in [0.2, 0.25) is 0 Å². The highest BCUT2D eigenvalue weighted by atomic mass is 32.2. The van der Waals surface area contributed by atoms with Crippen LogP contribution in [0.2, 0.25) is 0 Å². The molecule has 1 rings (SSSR count). The number of rotatable bonds is 6. The van der Waals surface area contributed by atoms with Crippen LogP contribution >= 0.6 is 0 Å². The zero-order valence-corrected chi connectivity index (χ0v) is 9.52. The Morgan fingerprint density at radius 2 is 2.12 bits per heavy atom. The van der Waals surface area contributed by atoms with Gasteiger partial charge in [-0.2, -0.15) is 0 Å². The van der Waals surface area contributed by atoms with Crippen molar-refractivity contribution >= 4 is 16.8 Å². The summed E-state index contributed by atoms with van der Waals surface area (Å²) in [7, 11) is -1.20. The number of aliphatic carboxylic acids is 1. The average Bonchev–Trinajstić information content (AvgIpc) is 2.27. The van der Waals surface area contributed by atoms with Crippen molar-refractivity contribution < 1.29 is 14.1 Å². The lowest BCUT2D eigenvalue weighted by molar-refractivity contribution is -0.137. The molecule has 1 unspecified atom stereocenters. The van der Waals surface area contributed by atoms with E-state index >= 15 is 0 Å². The Hall–Kier alpha value is -1.27. The van der Waals surface area contributed by atoms with E-state index in [1.54, 1.807) is 12.4 Å². The van der Waals surface area contributed by atoms with Crippen LogP contribution in [0.1, 0.15) is 5.56 Å². The molecule has 88 valence electrons. The quantitative estimate of drug-likeness (QED) is 0.719. The minimum Gasteiger partial charge on any atom is -0.480 e.